The van der Waals surface area contributed by atoms with Crippen molar-refractivity contribution in [2.75, 3.05) is 20.7 Å². The molecule has 0 aliphatic heterocycles. The molecule has 2 aromatic carbocycles. The van der Waals surface area contributed by atoms with E-state index in [1.54, 1.807) is 14.2 Å². The molecule has 0 saturated heterocycles. The Morgan fingerprint density at radius 1 is 1.07 bits per heavy atom. The maximum absolute atomic E-state index is 5.95. The zero-order valence-corrected chi connectivity index (χ0v) is 16.9. The molecule has 0 radical (unpaired) electrons. The van der Waals surface area contributed by atoms with E-state index in [2.05, 4.69) is 20.8 Å². The van der Waals surface area contributed by atoms with Crippen molar-refractivity contribution in [1.29, 1.82) is 0 Å². The second-order valence-electron chi connectivity index (χ2n) is 6.43. The first-order chi connectivity index (χ1) is 14.2. The predicted molar refractivity (Wildman–Crippen MR) is 113 cm³/mol. The topological polar surface area (TPSA) is 80.9 Å². The van der Waals surface area contributed by atoms with E-state index in [1.807, 2.05) is 67.6 Å². The Labute approximate surface area is 170 Å². The average Bonchev–Trinajstić information content (AvgIpc) is 3.24. The van der Waals surface area contributed by atoms with Gasteiger partial charge in [0, 0.05) is 18.7 Å². The Balaban J connectivity index is 1.48. The lowest BCUT2D eigenvalue weighted by atomic mass is 10.2. The minimum Gasteiger partial charge on any atom is -0.493 e. The van der Waals surface area contributed by atoms with Crippen LogP contribution in [0.1, 0.15) is 12.6 Å². The summed E-state index contributed by atoms with van der Waals surface area (Å²) in [4.78, 5) is 4.24. The van der Waals surface area contributed by atoms with Crippen molar-refractivity contribution < 1.29 is 14.0 Å². The molecule has 7 nitrogen and oxygen atoms in total. The Morgan fingerprint density at radius 2 is 1.79 bits per heavy atom. The predicted octanol–water partition coefficient (Wildman–Crippen LogP) is 3.48. The summed E-state index contributed by atoms with van der Waals surface area (Å²) >= 11 is 0. The van der Waals surface area contributed by atoms with Gasteiger partial charge in [-0.25, -0.2) is 0 Å². The maximum atomic E-state index is 5.95. The summed E-state index contributed by atoms with van der Waals surface area (Å²) in [6, 6.07) is 19.4. The minimum atomic E-state index is -0.0819. The highest BCUT2D eigenvalue weighted by Gasteiger charge is 2.10. The van der Waals surface area contributed by atoms with Crippen molar-refractivity contribution in [3.05, 3.63) is 66.4 Å². The molecule has 1 heterocycles. The first-order valence-corrected chi connectivity index (χ1v) is 9.44. The monoisotopic (exact) mass is 394 g/mol. The molecular formula is C22H26N4O3. The van der Waals surface area contributed by atoms with E-state index in [0.717, 1.165) is 17.0 Å². The van der Waals surface area contributed by atoms with Crippen LogP contribution in [0.25, 0.3) is 11.3 Å². The fourth-order valence-corrected chi connectivity index (χ4v) is 2.74. The number of para-hydroxylation sites is 2. The third-order valence-corrected chi connectivity index (χ3v) is 4.23. The molecule has 29 heavy (non-hydrogen) atoms. The molecule has 7 heteroatoms. The molecule has 152 valence electrons. The molecule has 0 aliphatic rings. The average molecular weight is 394 g/mol. The second-order valence-corrected chi connectivity index (χ2v) is 6.43. The molecule has 0 aliphatic carbocycles. The number of rotatable bonds is 8. The third-order valence-electron chi connectivity index (χ3n) is 4.23. The number of nitrogens with one attached hydrogen (secondary N) is 2. The van der Waals surface area contributed by atoms with Gasteiger partial charge in [0.1, 0.15) is 11.8 Å². The zero-order valence-electron chi connectivity index (χ0n) is 16.9. The van der Waals surface area contributed by atoms with Gasteiger partial charge in [0.2, 0.25) is 0 Å². The largest absolute Gasteiger partial charge is 0.493 e. The summed E-state index contributed by atoms with van der Waals surface area (Å²) < 4.78 is 16.7. The summed E-state index contributed by atoms with van der Waals surface area (Å²) in [6.07, 6.45) is -0.0819. The first-order valence-electron chi connectivity index (χ1n) is 9.44. The molecule has 0 fully saturated rings. The van der Waals surface area contributed by atoms with Gasteiger partial charge in [-0.15, -0.1) is 0 Å². The molecule has 1 aromatic heterocycles. The highest BCUT2D eigenvalue weighted by molar-refractivity contribution is 5.79. The van der Waals surface area contributed by atoms with E-state index >= 15 is 0 Å². The van der Waals surface area contributed by atoms with Crippen LogP contribution in [0.15, 0.2) is 70.2 Å². The van der Waals surface area contributed by atoms with Crippen LogP contribution in [0.5, 0.6) is 11.5 Å². The van der Waals surface area contributed by atoms with Crippen molar-refractivity contribution in [3.63, 3.8) is 0 Å². The molecule has 0 saturated carbocycles. The van der Waals surface area contributed by atoms with Crippen molar-refractivity contribution >= 4 is 5.96 Å². The van der Waals surface area contributed by atoms with Crippen molar-refractivity contribution in [1.82, 2.24) is 15.8 Å². The number of aromatic nitrogens is 1. The van der Waals surface area contributed by atoms with Gasteiger partial charge in [-0.3, -0.25) is 4.99 Å². The van der Waals surface area contributed by atoms with E-state index in [1.165, 1.54) is 0 Å². The van der Waals surface area contributed by atoms with Gasteiger partial charge in [0.05, 0.1) is 20.2 Å². The van der Waals surface area contributed by atoms with Gasteiger partial charge >= 0.3 is 0 Å². The lowest BCUT2D eigenvalue weighted by Gasteiger charge is -2.18. The number of hydrogen-bond donors (Lipinski definition) is 2. The van der Waals surface area contributed by atoms with Gasteiger partial charge in [-0.05, 0) is 19.1 Å². The number of nitrogens with zero attached hydrogens (tertiary/aromatic N) is 2. The molecule has 0 spiro atoms. The molecule has 0 amide bonds. The van der Waals surface area contributed by atoms with Crippen LogP contribution in [0.3, 0.4) is 0 Å². The van der Waals surface area contributed by atoms with Gasteiger partial charge in [0.15, 0.2) is 23.2 Å². The smallest absolute Gasteiger partial charge is 0.191 e. The van der Waals surface area contributed by atoms with Crippen LogP contribution in [0, 0.1) is 0 Å². The summed E-state index contributed by atoms with van der Waals surface area (Å²) in [5, 5.41) is 10.6. The fraction of sp³-hybridized carbons (Fsp3) is 0.273. The number of ether oxygens (including phenoxy) is 2. The highest BCUT2D eigenvalue weighted by atomic mass is 16.5. The summed E-state index contributed by atoms with van der Waals surface area (Å²) in [7, 11) is 3.35. The van der Waals surface area contributed by atoms with Gasteiger partial charge in [0.25, 0.3) is 0 Å². The Morgan fingerprint density at radius 3 is 2.52 bits per heavy atom. The van der Waals surface area contributed by atoms with E-state index in [-0.39, 0.29) is 6.10 Å². The summed E-state index contributed by atoms with van der Waals surface area (Å²) in [5.74, 6) is 2.82. The number of benzene rings is 2. The first kappa shape index (κ1) is 20.3. The van der Waals surface area contributed by atoms with Crippen LogP contribution in [-0.4, -0.2) is 37.9 Å². The Bertz CT molecular complexity index is 925. The Hall–Kier alpha value is -3.48. The van der Waals surface area contributed by atoms with Crippen molar-refractivity contribution in [2.45, 2.75) is 19.6 Å². The molecule has 3 aromatic rings. The summed E-state index contributed by atoms with van der Waals surface area (Å²) in [5.41, 5.74) is 1.79. The quantitative estimate of drug-likeness (QED) is 0.450. The van der Waals surface area contributed by atoms with Crippen LogP contribution in [0.2, 0.25) is 0 Å². The van der Waals surface area contributed by atoms with Crippen LogP contribution >= 0.6 is 0 Å². The SMILES string of the molecule is CN=C(NCc1cc(-c2ccccc2)on1)NCC(C)Oc1ccccc1OC. The van der Waals surface area contributed by atoms with Gasteiger partial charge < -0.3 is 24.6 Å². The molecule has 1 atom stereocenters. The number of methoxy groups -OCH3 is 1. The van der Waals surface area contributed by atoms with Gasteiger partial charge in [-0.1, -0.05) is 47.6 Å². The van der Waals surface area contributed by atoms with Crippen molar-refractivity contribution in [2.24, 2.45) is 4.99 Å². The Kier molecular flexibility index (Phi) is 7.10. The summed E-state index contributed by atoms with van der Waals surface area (Å²) in [6.45, 7) is 3.06. The number of hydrogen-bond acceptors (Lipinski definition) is 5. The molecule has 2 N–H and O–H groups in total. The van der Waals surface area contributed by atoms with Crippen molar-refractivity contribution in [3.8, 4) is 22.8 Å². The zero-order chi connectivity index (χ0) is 20.5. The lowest BCUT2D eigenvalue weighted by molar-refractivity contribution is 0.213. The normalized spacial score (nSPS) is 12.3. The van der Waals surface area contributed by atoms with E-state index < -0.39 is 0 Å². The maximum Gasteiger partial charge on any atom is 0.191 e. The minimum absolute atomic E-state index is 0.0819. The fourth-order valence-electron chi connectivity index (χ4n) is 2.74. The molecule has 3 rings (SSSR count). The highest BCUT2D eigenvalue weighted by Crippen LogP contribution is 2.26. The standard InChI is InChI=1S/C22H26N4O3/c1-16(28-20-12-8-7-11-19(20)27-3)14-24-22(23-2)25-15-18-13-21(29-26-18)17-9-5-4-6-10-17/h4-13,16H,14-15H2,1-3H3,(H2,23,24,25). The van der Waals surface area contributed by atoms with Crippen LogP contribution in [-0.2, 0) is 6.54 Å². The molecule has 1 unspecified atom stereocenters. The number of aliphatic imine (C=N–C) groups is 1. The van der Waals surface area contributed by atoms with E-state index in [4.69, 9.17) is 14.0 Å². The van der Waals surface area contributed by atoms with Crippen LogP contribution in [0.4, 0.5) is 0 Å². The molecular weight excluding hydrogens is 368 g/mol. The van der Waals surface area contributed by atoms with Crippen LogP contribution < -0.4 is 20.1 Å². The lowest BCUT2D eigenvalue weighted by Crippen LogP contribution is -2.41. The van der Waals surface area contributed by atoms with Gasteiger partial charge in [-0.2, -0.15) is 0 Å². The molecule has 0 bridgehead atoms. The third kappa shape index (κ3) is 5.75. The second kappa shape index (κ2) is 10.2. The number of guanidine groups is 1. The van der Waals surface area contributed by atoms with E-state index in [0.29, 0.717) is 30.5 Å². The van der Waals surface area contributed by atoms with E-state index in [9.17, 15) is 0 Å².